The highest BCUT2D eigenvalue weighted by molar-refractivity contribution is 5.66. The number of fused-ring (bicyclic) bond motifs is 2. The van der Waals surface area contributed by atoms with E-state index in [1.54, 1.807) is 6.07 Å². The first-order valence-corrected chi connectivity index (χ1v) is 10.4. The Bertz CT molecular complexity index is 757. The topological polar surface area (TPSA) is 113 Å². The van der Waals surface area contributed by atoms with Crippen LogP contribution in [0.5, 0.6) is 0 Å². The minimum atomic E-state index is -0.838. The summed E-state index contributed by atoms with van der Waals surface area (Å²) in [7, 11) is 0. The molecular formula is C22H32O7. The molecule has 2 aliphatic carbocycles. The van der Waals surface area contributed by atoms with Crippen molar-refractivity contribution in [1.29, 1.82) is 0 Å². The standard InChI is InChI=1S/C22H32O7/c1-12-7-17(25)21(4)19(20(12,3)9-15(24)14-5-6-27-10-14)16(29-13(2)23)8-18(26)22(21)11-28-22/h5-6,10,12,15-19,24-26H,7-9,11H2,1-4H3/t12-,15-,16+,17-,18-,19+,20+,21+,22+/m0/s1. The predicted molar refractivity (Wildman–Crippen MR) is 103 cm³/mol. The number of furan rings is 1. The number of hydrogen-bond acceptors (Lipinski definition) is 7. The molecule has 2 saturated carbocycles. The van der Waals surface area contributed by atoms with E-state index >= 15 is 0 Å². The smallest absolute Gasteiger partial charge is 0.302 e. The van der Waals surface area contributed by atoms with Gasteiger partial charge in [-0.25, -0.2) is 0 Å². The highest BCUT2D eigenvalue weighted by atomic mass is 16.6. The van der Waals surface area contributed by atoms with Crippen molar-refractivity contribution in [2.24, 2.45) is 22.7 Å². The normalized spacial score (nSPS) is 47.5. The van der Waals surface area contributed by atoms with Gasteiger partial charge in [-0.05, 0) is 30.2 Å². The van der Waals surface area contributed by atoms with Gasteiger partial charge in [0.05, 0.1) is 37.4 Å². The van der Waals surface area contributed by atoms with Crippen molar-refractivity contribution in [3.05, 3.63) is 24.2 Å². The number of carbonyl (C=O) groups excluding carboxylic acids is 1. The number of carbonyl (C=O) groups is 1. The van der Waals surface area contributed by atoms with E-state index in [4.69, 9.17) is 13.9 Å². The van der Waals surface area contributed by atoms with E-state index in [0.717, 1.165) is 0 Å². The minimum absolute atomic E-state index is 0.0567. The van der Waals surface area contributed by atoms with Gasteiger partial charge in [0.2, 0.25) is 0 Å². The van der Waals surface area contributed by atoms with Crippen LogP contribution in [0.3, 0.4) is 0 Å². The van der Waals surface area contributed by atoms with Crippen molar-refractivity contribution in [3.63, 3.8) is 0 Å². The summed E-state index contributed by atoms with van der Waals surface area (Å²) in [4.78, 5) is 11.9. The van der Waals surface area contributed by atoms with Gasteiger partial charge in [-0.1, -0.05) is 20.8 Å². The molecule has 1 aromatic heterocycles. The van der Waals surface area contributed by atoms with Gasteiger partial charge < -0.3 is 29.2 Å². The number of epoxide rings is 1. The van der Waals surface area contributed by atoms with E-state index < -0.39 is 46.8 Å². The zero-order valence-electron chi connectivity index (χ0n) is 17.5. The Balaban J connectivity index is 1.78. The van der Waals surface area contributed by atoms with E-state index in [2.05, 4.69) is 13.8 Å². The second-order valence-corrected chi connectivity index (χ2v) is 9.77. The van der Waals surface area contributed by atoms with Crippen molar-refractivity contribution in [3.8, 4) is 0 Å². The summed E-state index contributed by atoms with van der Waals surface area (Å²) in [6.07, 6.45) is 1.42. The second-order valence-electron chi connectivity index (χ2n) is 9.77. The highest BCUT2D eigenvalue weighted by Gasteiger charge is 2.77. The fourth-order valence-corrected chi connectivity index (χ4v) is 6.55. The fourth-order valence-electron chi connectivity index (χ4n) is 6.55. The van der Waals surface area contributed by atoms with Crippen molar-refractivity contribution < 1.29 is 34.0 Å². The van der Waals surface area contributed by atoms with Crippen LogP contribution in [-0.2, 0) is 14.3 Å². The molecule has 7 heteroatoms. The van der Waals surface area contributed by atoms with Gasteiger partial charge in [-0.3, -0.25) is 4.79 Å². The van der Waals surface area contributed by atoms with Crippen LogP contribution in [0.25, 0.3) is 0 Å². The molecule has 0 aromatic carbocycles. The number of ether oxygens (including phenoxy) is 2. The first-order chi connectivity index (χ1) is 13.6. The highest BCUT2D eigenvalue weighted by Crippen LogP contribution is 2.69. The molecule has 9 atom stereocenters. The molecule has 0 bridgehead atoms. The van der Waals surface area contributed by atoms with Crippen molar-refractivity contribution >= 4 is 5.97 Å². The molecule has 2 heterocycles. The van der Waals surface area contributed by atoms with Crippen LogP contribution < -0.4 is 0 Å². The maximum Gasteiger partial charge on any atom is 0.302 e. The van der Waals surface area contributed by atoms with E-state index in [-0.39, 0.29) is 18.3 Å². The average Bonchev–Trinajstić information content (AvgIpc) is 3.25. The molecule has 3 aliphatic rings. The Hall–Kier alpha value is -1.41. The zero-order chi connectivity index (χ0) is 21.2. The van der Waals surface area contributed by atoms with Gasteiger partial charge >= 0.3 is 5.97 Å². The van der Waals surface area contributed by atoms with Crippen LogP contribution >= 0.6 is 0 Å². The summed E-state index contributed by atoms with van der Waals surface area (Å²) < 4.78 is 16.7. The average molecular weight is 408 g/mol. The van der Waals surface area contributed by atoms with Crippen LogP contribution in [0.2, 0.25) is 0 Å². The molecule has 29 heavy (non-hydrogen) atoms. The fraction of sp³-hybridized carbons (Fsp3) is 0.773. The van der Waals surface area contributed by atoms with Crippen LogP contribution in [0, 0.1) is 22.7 Å². The Morgan fingerprint density at radius 2 is 2.00 bits per heavy atom. The SMILES string of the molecule is CC(=O)O[C@@H]1C[C@H](O)[C@]2(CO2)[C@@]2(C)[C@H]1[C@](C)(C[C@H](O)c1ccoc1)[C@@H](C)C[C@@H]2O. The summed E-state index contributed by atoms with van der Waals surface area (Å²) in [6, 6.07) is 1.75. The maximum atomic E-state index is 11.9. The van der Waals surface area contributed by atoms with Gasteiger partial charge in [0.25, 0.3) is 0 Å². The number of aliphatic hydroxyl groups is 3. The summed E-state index contributed by atoms with van der Waals surface area (Å²) in [6.45, 7) is 7.85. The van der Waals surface area contributed by atoms with Gasteiger partial charge in [-0.15, -0.1) is 0 Å². The van der Waals surface area contributed by atoms with E-state index in [1.807, 2.05) is 6.92 Å². The van der Waals surface area contributed by atoms with Crippen LogP contribution in [0.15, 0.2) is 23.0 Å². The van der Waals surface area contributed by atoms with Gasteiger partial charge in [0, 0.05) is 30.2 Å². The first kappa shape index (κ1) is 20.8. The molecule has 1 spiro atoms. The summed E-state index contributed by atoms with van der Waals surface area (Å²) >= 11 is 0. The third-order valence-corrected chi connectivity index (χ3v) is 8.36. The zero-order valence-corrected chi connectivity index (χ0v) is 17.5. The second kappa shape index (κ2) is 6.80. The van der Waals surface area contributed by atoms with Crippen LogP contribution in [0.4, 0.5) is 0 Å². The Labute approximate surface area is 171 Å². The van der Waals surface area contributed by atoms with Gasteiger partial charge in [-0.2, -0.15) is 0 Å². The maximum absolute atomic E-state index is 11.9. The minimum Gasteiger partial charge on any atom is -0.472 e. The largest absolute Gasteiger partial charge is 0.472 e. The Kier molecular flexibility index (Phi) is 4.89. The van der Waals surface area contributed by atoms with Crippen LogP contribution in [-0.4, -0.2) is 51.8 Å². The van der Waals surface area contributed by atoms with Gasteiger partial charge in [0.1, 0.15) is 11.7 Å². The molecule has 4 rings (SSSR count). The summed E-state index contributed by atoms with van der Waals surface area (Å²) in [5, 5.41) is 33.0. The molecule has 1 aromatic rings. The first-order valence-electron chi connectivity index (χ1n) is 10.4. The molecular weight excluding hydrogens is 376 g/mol. The summed E-state index contributed by atoms with van der Waals surface area (Å²) in [5.74, 6) is -0.644. The molecule has 7 nitrogen and oxygen atoms in total. The monoisotopic (exact) mass is 408 g/mol. The van der Waals surface area contributed by atoms with E-state index in [9.17, 15) is 20.1 Å². The van der Waals surface area contributed by atoms with Crippen molar-refractivity contribution in [2.75, 3.05) is 6.61 Å². The lowest BCUT2D eigenvalue weighted by molar-refractivity contribution is -0.254. The molecule has 0 amide bonds. The molecule has 1 saturated heterocycles. The quantitative estimate of drug-likeness (QED) is 0.517. The third kappa shape index (κ3) is 2.89. The predicted octanol–water partition coefficient (Wildman–Crippen LogP) is 2.20. The Morgan fingerprint density at radius 3 is 2.55 bits per heavy atom. The molecule has 162 valence electrons. The molecule has 3 fully saturated rings. The molecule has 1 aliphatic heterocycles. The molecule has 0 radical (unpaired) electrons. The van der Waals surface area contributed by atoms with Crippen molar-refractivity contribution in [2.45, 2.75) is 77.0 Å². The number of hydrogen-bond donors (Lipinski definition) is 3. The Morgan fingerprint density at radius 1 is 1.31 bits per heavy atom. The summed E-state index contributed by atoms with van der Waals surface area (Å²) in [5.41, 5.74) is -1.41. The lowest BCUT2D eigenvalue weighted by Gasteiger charge is -2.64. The lowest BCUT2D eigenvalue weighted by atomic mass is 9.42. The van der Waals surface area contributed by atoms with E-state index in [0.29, 0.717) is 25.0 Å². The van der Waals surface area contributed by atoms with Crippen LogP contribution in [0.1, 0.15) is 58.6 Å². The number of aliphatic hydroxyl groups excluding tert-OH is 3. The number of esters is 1. The van der Waals surface area contributed by atoms with Crippen molar-refractivity contribution in [1.82, 2.24) is 0 Å². The number of rotatable bonds is 4. The molecule has 3 N–H and O–H groups in total. The lowest BCUT2D eigenvalue weighted by Crippen LogP contribution is -2.70. The third-order valence-electron chi connectivity index (χ3n) is 8.36. The van der Waals surface area contributed by atoms with E-state index in [1.165, 1.54) is 19.5 Å². The molecule has 0 unspecified atom stereocenters. The van der Waals surface area contributed by atoms with Gasteiger partial charge in [0.15, 0.2) is 0 Å².